The second-order valence-electron chi connectivity index (χ2n) is 12.0. The largest absolute Gasteiger partial charge is 0.496 e. The van der Waals surface area contributed by atoms with Gasteiger partial charge in [0.2, 0.25) is 0 Å². The fourth-order valence-corrected chi connectivity index (χ4v) is 6.71. The van der Waals surface area contributed by atoms with Gasteiger partial charge in [-0.25, -0.2) is 9.18 Å². The van der Waals surface area contributed by atoms with Crippen LogP contribution < -0.4 is 14.8 Å². The lowest BCUT2D eigenvalue weighted by molar-refractivity contribution is -0.139. The van der Waals surface area contributed by atoms with E-state index in [-0.39, 0.29) is 12.0 Å². The number of aliphatic carboxylic acids is 1. The molecule has 3 atom stereocenters. The first-order chi connectivity index (χ1) is 21.6. The molecule has 0 spiro atoms. The summed E-state index contributed by atoms with van der Waals surface area (Å²) in [4.78, 5) is 27.9. The summed E-state index contributed by atoms with van der Waals surface area (Å²) < 4.78 is 26.4. The van der Waals surface area contributed by atoms with Crippen molar-refractivity contribution in [2.75, 3.05) is 14.2 Å². The molecular weight excluding hydrogens is 571 g/mol. The highest BCUT2D eigenvalue weighted by Gasteiger charge is 2.28. The van der Waals surface area contributed by atoms with Crippen LogP contribution >= 0.6 is 0 Å². The molecule has 2 unspecified atom stereocenters. The molecule has 0 aliphatic carbocycles. The summed E-state index contributed by atoms with van der Waals surface area (Å²) in [6.07, 6.45) is 3.57. The molecule has 1 fully saturated rings. The fourth-order valence-electron chi connectivity index (χ4n) is 6.71. The normalized spacial score (nSPS) is 17.6. The topological polar surface area (TPSA) is 88.1 Å². The predicted molar refractivity (Wildman–Crippen MR) is 175 cm³/mol. The number of likely N-dealkylation sites (tertiary alicyclic amines) is 1. The van der Waals surface area contributed by atoms with Crippen molar-refractivity contribution in [3.05, 3.63) is 94.8 Å². The van der Waals surface area contributed by atoms with E-state index in [1.54, 1.807) is 27.2 Å². The van der Waals surface area contributed by atoms with Gasteiger partial charge in [-0.3, -0.25) is 9.69 Å². The first-order valence-electron chi connectivity index (χ1n) is 15.4. The van der Waals surface area contributed by atoms with Gasteiger partial charge in [0, 0.05) is 30.6 Å². The number of rotatable bonds is 10. The van der Waals surface area contributed by atoms with Crippen LogP contribution in [-0.4, -0.2) is 54.2 Å². The summed E-state index contributed by atoms with van der Waals surface area (Å²) in [5.41, 5.74) is 3.80. The number of methoxy groups -OCH3 is 2. The number of nitrogens with zero attached hydrogens (tertiary/aromatic N) is 1. The number of carboxylic acid groups (broad SMARTS) is 1. The number of fused-ring (bicyclic) bond motifs is 1. The SMILES string of the molecule is COc1ccc(CN2C(C)CCCC2C)c(OC)c1-c1cccc2c(C[C@H](NC(=O)c3c(C)cccc3F)C(=O)O)cccc12. The molecule has 1 aliphatic rings. The van der Waals surface area contributed by atoms with Crippen LogP contribution in [0.2, 0.25) is 0 Å². The van der Waals surface area contributed by atoms with Crippen molar-refractivity contribution in [3.63, 3.8) is 0 Å². The van der Waals surface area contributed by atoms with Crippen LogP contribution in [0.3, 0.4) is 0 Å². The molecule has 0 bridgehead atoms. The van der Waals surface area contributed by atoms with Crippen molar-refractivity contribution in [3.8, 4) is 22.6 Å². The molecule has 1 heterocycles. The van der Waals surface area contributed by atoms with Crippen LogP contribution in [0.15, 0.2) is 66.7 Å². The molecule has 1 saturated heterocycles. The van der Waals surface area contributed by atoms with Gasteiger partial charge in [-0.1, -0.05) is 61.0 Å². The lowest BCUT2D eigenvalue weighted by Gasteiger charge is -2.39. The highest BCUT2D eigenvalue weighted by atomic mass is 19.1. The standard InChI is InChI=1S/C37H41FN2O5/c1-22-10-6-17-30(38)33(22)36(41)39-31(37(42)43)20-25-13-8-15-28-27(25)14-9-16-29(28)34-32(44-4)19-18-26(35(34)45-5)21-40-23(2)11-7-12-24(40)3/h6,8-10,13-19,23-24,31H,7,11-12,20-21H2,1-5H3,(H,39,41)(H,42,43)/t23?,24?,31-/m0/s1. The maximum Gasteiger partial charge on any atom is 0.326 e. The third-order valence-electron chi connectivity index (χ3n) is 9.11. The highest BCUT2D eigenvalue weighted by molar-refractivity contribution is 6.02. The van der Waals surface area contributed by atoms with Crippen LogP contribution in [0.25, 0.3) is 21.9 Å². The van der Waals surface area contributed by atoms with E-state index in [1.807, 2.05) is 42.5 Å². The van der Waals surface area contributed by atoms with Crippen molar-refractivity contribution >= 4 is 22.6 Å². The number of nitrogens with one attached hydrogen (secondary N) is 1. The third-order valence-corrected chi connectivity index (χ3v) is 9.11. The molecule has 45 heavy (non-hydrogen) atoms. The zero-order valence-electron chi connectivity index (χ0n) is 26.5. The predicted octanol–water partition coefficient (Wildman–Crippen LogP) is 7.16. The molecule has 2 N–H and O–H groups in total. The molecule has 7 nitrogen and oxygen atoms in total. The third kappa shape index (κ3) is 6.52. The van der Waals surface area contributed by atoms with Crippen LogP contribution in [0.5, 0.6) is 11.5 Å². The number of benzene rings is 4. The van der Waals surface area contributed by atoms with Gasteiger partial charge in [-0.2, -0.15) is 0 Å². The number of piperidine rings is 1. The van der Waals surface area contributed by atoms with Gasteiger partial charge >= 0.3 is 5.97 Å². The van der Waals surface area contributed by atoms with Gasteiger partial charge < -0.3 is 19.9 Å². The number of aryl methyl sites for hydroxylation is 1. The number of halogens is 1. The van der Waals surface area contributed by atoms with Gasteiger partial charge in [0.05, 0.1) is 25.3 Å². The van der Waals surface area contributed by atoms with E-state index >= 15 is 0 Å². The molecule has 1 amide bonds. The van der Waals surface area contributed by atoms with Gasteiger partial charge in [0.15, 0.2) is 0 Å². The van der Waals surface area contributed by atoms with Crippen molar-refractivity contribution in [1.29, 1.82) is 0 Å². The monoisotopic (exact) mass is 612 g/mol. The van der Waals surface area contributed by atoms with E-state index in [9.17, 15) is 19.1 Å². The Morgan fingerprint density at radius 2 is 1.62 bits per heavy atom. The molecule has 4 aromatic rings. The number of carboxylic acids is 1. The Kier molecular flexibility index (Phi) is 9.73. The minimum Gasteiger partial charge on any atom is -0.496 e. The molecule has 5 rings (SSSR count). The van der Waals surface area contributed by atoms with Crippen molar-refractivity contribution in [2.45, 2.75) is 71.1 Å². The van der Waals surface area contributed by atoms with E-state index in [4.69, 9.17) is 9.47 Å². The zero-order valence-corrected chi connectivity index (χ0v) is 26.5. The van der Waals surface area contributed by atoms with E-state index in [1.165, 1.54) is 31.4 Å². The number of carbonyl (C=O) groups is 2. The average molecular weight is 613 g/mol. The van der Waals surface area contributed by atoms with E-state index < -0.39 is 23.7 Å². The molecule has 4 aromatic carbocycles. The summed E-state index contributed by atoms with van der Waals surface area (Å²) in [7, 11) is 3.32. The quantitative estimate of drug-likeness (QED) is 0.198. The van der Waals surface area contributed by atoms with Gasteiger partial charge in [-0.05, 0) is 73.2 Å². The highest BCUT2D eigenvalue weighted by Crippen LogP contribution is 2.45. The number of amides is 1. The Balaban J connectivity index is 1.54. The van der Waals surface area contributed by atoms with Crippen LogP contribution in [0.1, 0.15) is 60.2 Å². The van der Waals surface area contributed by atoms with Crippen LogP contribution in [-0.2, 0) is 17.8 Å². The first-order valence-corrected chi connectivity index (χ1v) is 15.4. The number of ether oxygens (including phenoxy) is 2. The summed E-state index contributed by atoms with van der Waals surface area (Å²) in [5.74, 6) is -1.25. The fraction of sp³-hybridized carbons (Fsp3) is 0.351. The first kappa shape index (κ1) is 32.0. The summed E-state index contributed by atoms with van der Waals surface area (Å²) in [5, 5.41) is 14.3. The maximum atomic E-state index is 14.5. The molecule has 1 aliphatic heterocycles. The summed E-state index contributed by atoms with van der Waals surface area (Å²) in [6, 6.07) is 19.6. The van der Waals surface area contributed by atoms with Crippen LogP contribution in [0.4, 0.5) is 4.39 Å². The molecule has 0 saturated carbocycles. The Bertz CT molecular complexity index is 1690. The van der Waals surface area contributed by atoms with Gasteiger partial charge in [0.1, 0.15) is 23.4 Å². The van der Waals surface area contributed by atoms with E-state index in [2.05, 4.69) is 30.1 Å². The maximum absolute atomic E-state index is 14.5. The molecule has 0 radical (unpaired) electrons. The number of hydrogen-bond acceptors (Lipinski definition) is 5. The zero-order chi connectivity index (χ0) is 32.2. The summed E-state index contributed by atoms with van der Waals surface area (Å²) in [6.45, 7) is 6.93. The average Bonchev–Trinajstić information content (AvgIpc) is 3.02. The van der Waals surface area contributed by atoms with Gasteiger partial charge in [0.25, 0.3) is 5.91 Å². The van der Waals surface area contributed by atoms with Crippen molar-refractivity contribution in [1.82, 2.24) is 10.2 Å². The Labute approximate surface area is 264 Å². The minimum atomic E-state index is -1.27. The smallest absolute Gasteiger partial charge is 0.326 e. The Morgan fingerprint density at radius 3 is 2.29 bits per heavy atom. The van der Waals surface area contributed by atoms with Gasteiger partial charge in [-0.15, -0.1) is 0 Å². The molecule has 8 heteroatoms. The van der Waals surface area contributed by atoms with E-state index in [0.29, 0.717) is 23.4 Å². The van der Waals surface area contributed by atoms with Crippen molar-refractivity contribution in [2.24, 2.45) is 0 Å². The van der Waals surface area contributed by atoms with E-state index in [0.717, 1.165) is 45.3 Å². The molecular formula is C37H41FN2O5. The number of carbonyl (C=O) groups excluding carboxylic acids is 1. The molecule has 236 valence electrons. The van der Waals surface area contributed by atoms with Crippen molar-refractivity contribution < 1.29 is 28.6 Å². The second-order valence-corrected chi connectivity index (χ2v) is 12.0. The molecule has 0 aromatic heterocycles. The summed E-state index contributed by atoms with van der Waals surface area (Å²) >= 11 is 0. The Morgan fingerprint density at radius 1 is 0.933 bits per heavy atom. The lowest BCUT2D eigenvalue weighted by Crippen LogP contribution is -2.43. The number of hydrogen-bond donors (Lipinski definition) is 2. The minimum absolute atomic E-state index is 0.00835. The Hall–Kier alpha value is -4.43. The lowest BCUT2D eigenvalue weighted by atomic mass is 9.91. The van der Waals surface area contributed by atoms with Crippen LogP contribution in [0, 0.1) is 12.7 Å². The second kappa shape index (κ2) is 13.7.